The smallest absolute Gasteiger partial charge is 0.280 e. The van der Waals surface area contributed by atoms with Crippen LogP contribution >= 0.6 is 11.3 Å². The summed E-state index contributed by atoms with van der Waals surface area (Å²) in [6.45, 7) is 0.0936. The fourth-order valence-corrected chi connectivity index (χ4v) is 3.58. The number of hydrogen-bond acceptors (Lipinski definition) is 4. The van der Waals surface area contributed by atoms with Gasteiger partial charge < -0.3 is 4.74 Å². The number of carbonyl (C=O) groups is 2. The van der Waals surface area contributed by atoms with E-state index in [2.05, 4.69) is 10.9 Å². The van der Waals surface area contributed by atoms with E-state index in [9.17, 15) is 14.0 Å². The van der Waals surface area contributed by atoms with Crippen molar-refractivity contribution in [2.75, 3.05) is 7.11 Å². The van der Waals surface area contributed by atoms with Crippen LogP contribution in [0.1, 0.15) is 25.6 Å². The Labute approximate surface area is 147 Å². The second kappa shape index (κ2) is 7.42. The summed E-state index contributed by atoms with van der Waals surface area (Å²) in [6.07, 6.45) is 0. The topological polar surface area (TPSA) is 67.4 Å². The number of hydrogen-bond donors (Lipinski definition) is 2. The number of thiophene rings is 1. The SMILES string of the molecule is COCc1c(C(=O)NNC(=O)c2ccccc2)sc2cccc(F)c12. The quantitative estimate of drug-likeness (QED) is 0.704. The zero-order valence-electron chi connectivity index (χ0n) is 13.3. The number of fused-ring (bicyclic) bond motifs is 1. The third-order valence-electron chi connectivity index (χ3n) is 3.58. The second-order valence-electron chi connectivity index (χ2n) is 5.23. The summed E-state index contributed by atoms with van der Waals surface area (Å²) < 4.78 is 19.9. The molecule has 2 aromatic carbocycles. The molecule has 2 N–H and O–H groups in total. The van der Waals surface area contributed by atoms with Gasteiger partial charge in [-0.25, -0.2) is 4.39 Å². The summed E-state index contributed by atoms with van der Waals surface area (Å²) >= 11 is 1.15. The lowest BCUT2D eigenvalue weighted by molar-refractivity contribution is 0.0847. The van der Waals surface area contributed by atoms with E-state index in [-0.39, 0.29) is 6.61 Å². The molecular formula is C18H15FN2O3S. The van der Waals surface area contributed by atoms with Gasteiger partial charge in [-0.2, -0.15) is 0 Å². The van der Waals surface area contributed by atoms with E-state index >= 15 is 0 Å². The summed E-state index contributed by atoms with van der Waals surface area (Å²) in [5, 5.41) is 0.369. The second-order valence-corrected chi connectivity index (χ2v) is 6.28. The summed E-state index contributed by atoms with van der Waals surface area (Å²) in [4.78, 5) is 24.8. The Hall–Kier alpha value is -2.77. The largest absolute Gasteiger partial charge is 0.380 e. The van der Waals surface area contributed by atoms with Gasteiger partial charge in [0.2, 0.25) is 0 Å². The van der Waals surface area contributed by atoms with Crippen LogP contribution in [0.2, 0.25) is 0 Å². The van der Waals surface area contributed by atoms with Crippen molar-refractivity contribution < 1.29 is 18.7 Å². The summed E-state index contributed by atoms with van der Waals surface area (Å²) in [5.41, 5.74) is 5.61. The Balaban J connectivity index is 1.83. The standard InChI is InChI=1S/C18H15FN2O3S/c1-24-10-12-15-13(19)8-5-9-14(15)25-16(12)18(23)21-20-17(22)11-6-3-2-4-7-11/h2-9H,10H2,1H3,(H,20,22)(H,21,23). The number of benzene rings is 2. The molecule has 0 fully saturated rings. The minimum atomic E-state index is -0.517. The fourth-order valence-electron chi connectivity index (χ4n) is 2.46. The molecule has 3 aromatic rings. The van der Waals surface area contributed by atoms with Crippen LogP contribution in [0.4, 0.5) is 4.39 Å². The molecule has 0 saturated heterocycles. The van der Waals surface area contributed by atoms with Gasteiger partial charge >= 0.3 is 0 Å². The molecule has 0 unspecified atom stereocenters. The van der Waals surface area contributed by atoms with Gasteiger partial charge in [0.05, 0.1) is 6.61 Å². The molecule has 0 atom stereocenters. The van der Waals surface area contributed by atoms with Crippen LogP contribution in [0.5, 0.6) is 0 Å². The van der Waals surface area contributed by atoms with Crippen LogP contribution in [-0.2, 0) is 11.3 Å². The first kappa shape index (κ1) is 17.1. The first-order chi connectivity index (χ1) is 12.1. The molecule has 0 radical (unpaired) electrons. The van der Waals surface area contributed by atoms with Gasteiger partial charge in [-0.05, 0) is 24.3 Å². The minimum Gasteiger partial charge on any atom is -0.380 e. The zero-order chi connectivity index (χ0) is 17.8. The van der Waals surface area contributed by atoms with Crippen molar-refractivity contribution in [1.82, 2.24) is 10.9 Å². The maximum Gasteiger partial charge on any atom is 0.280 e. The molecule has 0 spiro atoms. The Morgan fingerprint density at radius 2 is 1.76 bits per heavy atom. The van der Waals surface area contributed by atoms with E-state index in [1.54, 1.807) is 42.5 Å². The number of ether oxygens (including phenoxy) is 1. The number of amides is 2. The Kier molecular flexibility index (Phi) is 5.06. The van der Waals surface area contributed by atoms with E-state index in [1.807, 2.05) is 0 Å². The third-order valence-corrected chi connectivity index (χ3v) is 4.78. The monoisotopic (exact) mass is 358 g/mol. The van der Waals surface area contributed by atoms with Crippen molar-refractivity contribution in [2.24, 2.45) is 0 Å². The average Bonchev–Trinajstić information content (AvgIpc) is 3.00. The molecule has 1 aromatic heterocycles. The highest BCUT2D eigenvalue weighted by atomic mass is 32.1. The Bertz CT molecular complexity index is 925. The Morgan fingerprint density at radius 1 is 1.04 bits per heavy atom. The number of halogens is 1. The molecule has 0 aliphatic carbocycles. The van der Waals surface area contributed by atoms with Crippen molar-refractivity contribution >= 4 is 33.2 Å². The van der Waals surface area contributed by atoms with Crippen LogP contribution in [-0.4, -0.2) is 18.9 Å². The van der Waals surface area contributed by atoms with Crippen molar-refractivity contribution in [3.8, 4) is 0 Å². The highest BCUT2D eigenvalue weighted by Crippen LogP contribution is 2.33. The van der Waals surface area contributed by atoms with Crippen LogP contribution < -0.4 is 10.9 Å². The van der Waals surface area contributed by atoms with Crippen LogP contribution in [0.15, 0.2) is 48.5 Å². The predicted octanol–water partition coefficient (Wildman–Crippen LogP) is 3.26. The van der Waals surface area contributed by atoms with Crippen LogP contribution in [0.25, 0.3) is 10.1 Å². The van der Waals surface area contributed by atoms with Crippen molar-refractivity contribution in [1.29, 1.82) is 0 Å². The van der Waals surface area contributed by atoms with Crippen LogP contribution in [0.3, 0.4) is 0 Å². The Morgan fingerprint density at radius 3 is 2.48 bits per heavy atom. The van der Waals surface area contributed by atoms with Gasteiger partial charge in [0.15, 0.2) is 0 Å². The first-order valence-corrected chi connectivity index (χ1v) is 8.28. The molecule has 0 saturated carbocycles. The van der Waals surface area contributed by atoms with Gasteiger partial charge in [0, 0.05) is 28.3 Å². The van der Waals surface area contributed by atoms with E-state index in [1.165, 1.54) is 13.2 Å². The van der Waals surface area contributed by atoms with Crippen molar-refractivity contribution in [2.45, 2.75) is 6.61 Å². The fraction of sp³-hybridized carbons (Fsp3) is 0.111. The van der Waals surface area contributed by atoms with Crippen molar-refractivity contribution in [3.63, 3.8) is 0 Å². The van der Waals surface area contributed by atoms with E-state index in [0.29, 0.717) is 26.1 Å². The van der Waals surface area contributed by atoms with Crippen LogP contribution in [0, 0.1) is 5.82 Å². The maximum absolute atomic E-state index is 14.1. The highest BCUT2D eigenvalue weighted by Gasteiger charge is 2.21. The number of hydrazine groups is 1. The summed E-state index contributed by atoms with van der Waals surface area (Å²) in [7, 11) is 1.48. The molecular weight excluding hydrogens is 343 g/mol. The summed E-state index contributed by atoms with van der Waals surface area (Å²) in [6, 6.07) is 13.2. The lowest BCUT2D eigenvalue weighted by Crippen LogP contribution is -2.41. The predicted molar refractivity (Wildman–Crippen MR) is 93.9 cm³/mol. The average molecular weight is 358 g/mol. The van der Waals surface area contributed by atoms with E-state index in [0.717, 1.165) is 11.3 Å². The molecule has 0 aliphatic heterocycles. The van der Waals surface area contributed by atoms with E-state index < -0.39 is 17.6 Å². The molecule has 7 heteroatoms. The number of rotatable bonds is 4. The van der Waals surface area contributed by atoms with E-state index in [4.69, 9.17) is 4.74 Å². The number of carbonyl (C=O) groups excluding carboxylic acids is 2. The molecule has 0 bridgehead atoms. The van der Waals surface area contributed by atoms with Gasteiger partial charge in [-0.1, -0.05) is 24.3 Å². The van der Waals surface area contributed by atoms with Crippen molar-refractivity contribution in [3.05, 3.63) is 70.4 Å². The maximum atomic E-state index is 14.1. The molecule has 0 aliphatic rings. The van der Waals surface area contributed by atoms with Gasteiger partial charge in [-0.15, -0.1) is 11.3 Å². The molecule has 2 amide bonds. The minimum absolute atomic E-state index is 0.0936. The molecule has 5 nitrogen and oxygen atoms in total. The van der Waals surface area contributed by atoms with Gasteiger partial charge in [-0.3, -0.25) is 20.4 Å². The third kappa shape index (κ3) is 3.52. The number of nitrogens with one attached hydrogen (secondary N) is 2. The summed E-state index contributed by atoms with van der Waals surface area (Å²) in [5.74, 6) is -1.36. The lowest BCUT2D eigenvalue weighted by Gasteiger charge is -2.08. The number of methoxy groups -OCH3 is 1. The first-order valence-electron chi connectivity index (χ1n) is 7.46. The lowest BCUT2D eigenvalue weighted by atomic mass is 10.1. The molecule has 3 rings (SSSR count). The molecule has 25 heavy (non-hydrogen) atoms. The molecule has 1 heterocycles. The van der Waals surface area contributed by atoms with Gasteiger partial charge in [0.25, 0.3) is 11.8 Å². The molecule has 128 valence electrons. The van der Waals surface area contributed by atoms with Gasteiger partial charge in [0.1, 0.15) is 10.7 Å². The zero-order valence-corrected chi connectivity index (χ0v) is 14.2. The normalized spacial score (nSPS) is 10.6. The highest BCUT2D eigenvalue weighted by molar-refractivity contribution is 7.21.